The number of halogens is 4. The molecule has 1 aromatic heterocycles. The summed E-state index contributed by atoms with van der Waals surface area (Å²) in [5.41, 5.74) is -1.51. The molecule has 0 radical (unpaired) electrons. The molecule has 0 amide bonds. The van der Waals surface area contributed by atoms with Gasteiger partial charge in [0.25, 0.3) is 5.56 Å². The summed E-state index contributed by atoms with van der Waals surface area (Å²) < 4.78 is 39.0. The Kier molecular flexibility index (Phi) is 4.96. The largest absolute Gasteiger partial charge is 0.416 e. The molecule has 1 atom stereocenters. The molecule has 23 heavy (non-hydrogen) atoms. The van der Waals surface area contributed by atoms with Crippen molar-refractivity contribution in [1.29, 1.82) is 0 Å². The molecule has 1 unspecified atom stereocenters. The van der Waals surface area contributed by atoms with E-state index < -0.39 is 17.3 Å². The Morgan fingerprint density at radius 1 is 1.43 bits per heavy atom. The molecule has 0 spiro atoms. The van der Waals surface area contributed by atoms with E-state index in [9.17, 15) is 18.0 Å². The maximum atomic E-state index is 12.7. The Morgan fingerprint density at radius 3 is 2.74 bits per heavy atom. The van der Waals surface area contributed by atoms with Crippen molar-refractivity contribution in [3.05, 3.63) is 51.4 Å². The van der Waals surface area contributed by atoms with Crippen molar-refractivity contribution < 1.29 is 18.3 Å². The number of hydrogen-bond donors (Lipinski definition) is 2. The summed E-state index contributed by atoms with van der Waals surface area (Å²) in [7, 11) is 0. The zero-order valence-corrected chi connectivity index (χ0v) is 12.7. The first-order valence-corrected chi connectivity index (χ1v) is 6.94. The van der Waals surface area contributed by atoms with Gasteiger partial charge >= 0.3 is 6.18 Å². The molecule has 1 heterocycles. The van der Waals surface area contributed by atoms with E-state index in [1.54, 1.807) is 6.92 Å². The Bertz CT molecular complexity index is 762. The lowest BCUT2D eigenvalue weighted by Gasteiger charge is -2.14. The van der Waals surface area contributed by atoms with Gasteiger partial charge in [0.15, 0.2) is 0 Å². The van der Waals surface area contributed by atoms with Crippen molar-refractivity contribution in [2.45, 2.75) is 19.1 Å². The van der Waals surface area contributed by atoms with E-state index in [0.717, 1.165) is 16.8 Å². The van der Waals surface area contributed by atoms with E-state index in [1.807, 2.05) is 0 Å². The van der Waals surface area contributed by atoms with Crippen LogP contribution in [0.3, 0.4) is 0 Å². The zero-order chi connectivity index (χ0) is 17.2. The molecule has 9 heteroatoms. The van der Waals surface area contributed by atoms with Crippen LogP contribution in [-0.2, 0) is 6.18 Å². The fourth-order valence-corrected chi connectivity index (χ4v) is 2.03. The molecule has 0 saturated heterocycles. The third kappa shape index (κ3) is 3.83. The van der Waals surface area contributed by atoms with E-state index in [4.69, 9.17) is 16.7 Å². The van der Waals surface area contributed by atoms with Crippen LogP contribution in [0.15, 0.2) is 35.3 Å². The van der Waals surface area contributed by atoms with Gasteiger partial charge in [0.2, 0.25) is 0 Å². The van der Waals surface area contributed by atoms with Crippen LogP contribution in [0.2, 0.25) is 5.02 Å². The van der Waals surface area contributed by atoms with Gasteiger partial charge in [-0.1, -0.05) is 17.7 Å². The Labute approximate surface area is 134 Å². The monoisotopic (exact) mass is 347 g/mol. The number of hydrogen-bond acceptors (Lipinski definition) is 4. The van der Waals surface area contributed by atoms with Gasteiger partial charge in [-0.3, -0.25) is 4.79 Å². The van der Waals surface area contributed by atoms with Gasteiger partial charge in [-0.25, -0.2) is 0 Å². The average Bonchev–Trinajstić information content (AvgIpc) is 2.51. The summed E-state index contributed by atoms with van der Waals surface area (Å²) in [5.74, 6) is 0. The first-order valence-electron chi connectivity index (χ1n) is 6.57. The standard InChI is InChI=1S/C14H13ClF3N3O2/c1-8(7-22)20-11-6-19-21(13(23)12(11)15)10-4-2-3-9(5-10)14(16,17)18/h2-6,8,20,22H,7H2,1H3. The molecule has 0 aliphatic rings. The predicted molar refractivity (Wildman–Crippen MR) is 80.0 cm³/mol. The van der Waals surface area contributed by atoms with Crippen LogP contribution in [-0.4, -0.2) is 27.5 Å². The number of aliphatic hydroxyl groups is 1. The minimum absolute atomic E-state index is 0.0477. The lowest BCUT2D eigenvalue weighted by atomic mass is 10.2. The number of benzene rings is 1. The lowest BCUT2D eigenvalue weighted by molar-refractivity contribution is -0.137. The highest BCUT2D eigenvalue weighted by molar-refractivity contribution is 6.32. The Hall–Kier alpha value is -2.06. The van der Waals surface area contributed by atoms with Gasteiger partial charge < -0.3 is 10.4 Å². The highest BCUT2D eigenvalue weighted by atomic mass is 35.5. The van der Waals surface area contributed by atoms with Crippen molar-refractivity contribution in [2.75, 3.05) is 11.9 Å². The molecule has 2 rings (SSSR count). The average molecular weight is 348 g/mol. The molecule has 0 aliphatic carbocycles. The Morgan fingerprint density at radius 2 is 2.13 bits per heavy atom. The molecule has 5 nitrogen and oxygen atoms in total. The van der Waals surface area contributed by atoms with Gasteiger partial charge in [-0.2, -0.15) is 23.0 Å². The number of alkyl halides is 3. The second-order valence-electron chi connectivity index (χ2n) is 4.87. The lowest BCUT2D eigenvalue weighted by Crippen LogP contribution is -2.26. The van der Waals surface area contributed by atoms with Crippen molar-refractivity contribution in [1.82, 2.24) is 9.78 Å². The van der Waals surface area contributed by atoms with Crippen molar-refractivity contribution in [2.24, 2.45) is 0 Å². The molecular weight excluding hydrogens is 335 g/mol. The smallest absolute Gasteiger partial charge is 0.394 e. The van der Waals surface area contributed by atoms with Crippen LogP contribution in [0.1, 0.15) is 12.5 Å². The molecule has 0 bridgehead atoms. The van der Waals surface area contributed by atoms with Crippen LogP contribution in [0.5, 0.6) is 0 Å². The number of nitrogens with one attached hydrogen (secondary N) is 1. The maximum absolute atomic E-state index is 12.7. The van der Waals surface area contributed by atoms with Gasteiger partial charge in [-0.15, -0.1) is 0 Å². The summed E-state index contributed by atoms with van der Waals surface area (Å²) in [6.07, 6.45) is -3.31. The zero-order valence-electron chi connectivity index (χ0n) is 11.9. The number of aliphatic hydroxyl groups excluding tert-OH is 1. The summed E-state index contributed by atoms with van der Waals surface area (Å²) >= 11 is 5.94. The van der Waals surface area contributed by atoms with Crippen molar-refractivity contribution in [3.8, 4) is 5.69 Å². The first kappa shape index (κ1) is 17.3. The SMILES string of the molecule is CC(CO)Nc1cnn(-c2cccc(C(F)(F)F)c2)c(=O)c1Cl. The first-order chi connectivity index (χ1) is 10.7. The third-order valence-electron chi connectivity index (χ3n) is 3.01. The molecule has 0 fully saturated rings. The molecule has 2 N–H and O–H groups in total. The second kappa shape index (κ2) is 6.59. The molecule has 2 aromatic rings. The van der Waals surface area contributed by atoms with E-state index in [1.165, 1.54) is 18.3 Å². The number of rotatable bonds is 4. The fourth-order valence-electron chi connectivity index (χ4n) is 1.84. The van der Waals surface area contributed by atoms with E-state index >= 15 is 0 Å². The van der Waals surface area contributed by atoms with Gasteiger partial charge in [0, 0.05) is 6.04 Å². The molecule has 1 aromatic carbocycles. The quantitative estimate of drug-likeness (QED) is 0.892. The van der Waals surface area contributed by atoms with Gasteiger partial charge in [0.05, 0.1) is 29.7 Å². The van der Waals surface area contributed by atoms with E-state index in [0.29, 0.717) is 0 Å². The van der Waals surface area contributed by atoms with Crippen LogP contribution >= 0.6 is 11.6 Å². The van der Waals surface area contributed by atoms with E-state index in [2.05, 4.69) is 10.4 Å². The van der Waals surface area contributed by atoms with Gasteiger partial charge in [0.1, 0.15) is 5.02 Å². The molecular formula is C14H13ClF3N3O2. The molecule has 0 aliphatic heterocycles. The summed E-state index contributed by atoms with van der Waals surface area (Å²) in [4.78, 5) is 12.2. The summed E-state index contributed by atoms with van der Waals surface area (Å²) in [6.45, 7) is 1.47. The van der Waals surface area contributed by atoms with Crippen LogP contribution in [0.4, 0.5) is 18.9 Å². The highest BCUT2D eigenvalue weighted by Gasteiger charge is 2.30. The minimum atomic E-state index is -4.53. The Balaban J connectivity index is 2.46. The maximum Gasteiger partial charge on any atom is 0.416 e. The second-order valence-corrected chi connectivity index (χ2v) is 5.24. The third-order valence-corrected chi connectivity index (χ3v) is 3.38. The topological polar surface area (TPSA) is 67.2 Å². The molecule has 0 saturated carbocycles. The van der Waals surface area contributed by atoms with Crippen LogP contribution in [0, 0.1) is 0 Å². The summed E-state index contributed by atoms with van der Waals surface area (Å²) in [5, 5.41) is 15.4. The number of nitrogens with zero attached hydrogens (tertiary/aromatic N) is 2. The van der Waals surface area contributed by atoms with Crippen LogP contribution < -0.4 is 10.9 Å². The fraction of sp³-hybridized carbons (Fsp3) is 0.286. The minimum Gasteiger partial charge on any atom is -0.394 e. The van der Waals surface area contributed by atoms with Crippen molar-refractivity contribution in [3.63, 3.8) is 0 Å². The number of aromatic nitrogens is 2. The molecule has 124 valence electrons. The number of anilines is 1. The normalized spacial score (nSPS) is 13.0. The van der Waals surface area contributed by atoms with Gasteiger partial charge in [-0.05, 0) is 25.1 Å². The highest BCUT2D eigenvalue weighted by Crippen LogP contribution is 2.30. The van der Waals surface area contributed by atoms with Crippen molar-refractivity contribution >= 4 is 17.3 Å². The van der Waals surface area contributed by atoms with Crippen LogP contribution in [0.25, 0.3) is 5.69 Å². The van der Waals surface area contributed by atoms with E-state index in [-0.39, 0.29) is 29.0 Å². The summed E-state index contributed by atoms with van der Waals surface area (Å²) in [6, 6.07) is 3.85. The predicted octanol–water partition coefficient (Wildman–Crippen LogP) is 2.70.